The molecule has 1 aromatic carbocycles. The largest absolute Gasteiger partial charge is 0.352 e. The second-order valence-corrected chi connectivity index (χ2v) is 7.86. The molecule has 1 aromatic heterocycles. The number of aryl methyl sites for hydroxylation is 1. The van der Waals surface area contributed by atoms with Crippen LogP contribution in [0.25, 0.3) is 0 Å². The van der Waals surface area contributed by atoms with Gasteiger partial charge in [-0.25, -0.2) is 13.1 Å². The van der Waals surface area contributed by atoms with Crippen LogP contribution in [0.3, 0.4) is 0 Å². The van der Waals surface area contributed by atoms with E-state index >= 15 is 0 Å². The van der Waals surface area contributed by atoms with Crippen LogP contribution in [0.4, 0.5) is 0 Å². The van der Waals surface area contributed by atoms with Gasteiger partial charge >= 0.3 is 0 Å². The highest BCUT2D eigenvalue weighted by Gasteiger charge is 2.17. The lowest BCUT2D eigenvalue weighted by Gasteiger charge is -2.10. The molecule has 0 aliphatic rings. The predicted octanol–water partition coefficient (Wildman–Crippen LogP) is 2.33. The van der Waals surface area contributed by atoms with E-state index in [1.54, 1.807) is 31.3 Å². The Kier molecular flexibility index (Phi) is 5.92. The van der Waals surface area contributed by atoms with Gasteiger partial charge in [-0.3, -0.25) is 4.79 Å². The summed E-state index contributed by atoms with van der Waals surface area (Å²) in [6.07, 6.45) is 0.762. The molecule has 0 saturated heterocycles. The minimum absolute atomic E-state index is 0.105. The second-order valence-electron chi connectivity index (χ2n) is 5.06. The lowest BCUT2D eigenvalue weighted by Crippen LogP contribution is -2.27. The normalized spacial score (nSPS) is 11.4. The third kappa shape index (κ3) is 4.63. The number of sulfonamides is 1. The van der Waals surface area contributed by atoms with Crippen molar-refractivity contribution in [1.29, 1.82) is 0 Å². The number of amides is 1. The van der Waals surface area contributed by atoms with Gasteiger partial charge < -0.3 is 5.32 Å². The van der Waals surface area contributed by atoms with E-state index in [1.165, 1.54) is 17.0 Å². The molecule has 0 unspecified atom stereocenters. The van der Waals surface area contributed by atoms with Gasteiger partial charge in [-0.05, 0) is 42.5 Å². The van der Waals surface area contributed by atoms with Gasteiger partial charge in [-0.15, -0.1) is 11.3 Å². The molecule has 2 N–H and O–H groups in total. The van der Waals surface area contributed by atoms with Crippen molar-refractivity contribution in [2.75, 3.05) is 13.1 Å². The van der Waals surface area contributed by atoms with Gasteiger partial charge in [0.05, 0.1) is 4.90 Å². The van der Waals surface area contributed by atoms with Crippen molar-refractivity contribution in [3.63, 3.8) is 0 Å². The molecular weight excluding hydrogens is 332 g/mol. The molecule has 7 heteroatoms. The predicted molar refractivity (Wildman–Crippen MR) is 92.4 cm³/mol. The summed E-state index contributed by atoms with van der Waals surface area (Å²) in [5.41, 5.74) is 1.13. The van der Waals surface area contributed by atoms with E-state index in [1.807, 2.05) is 17.5 Å². The standard InChI is InChI=1S/C16H20N2O3S2/c1-3-18-23(20,21)14-7-6-12(2)15(11-14)16(19)17-9-8-13-5-4-10-22-13/h4-7,10-11,18H,3,8-9H2,1-2H3,(H,17,19). The SMILES string of the molecule is CCNS(=O)(=O)c1ccc(C)c(C(=O)NCCc2cccs2)c1. The molecule has 0 aliphatic carbocycles. The van der Waals surface area contributed by atoms with Crippen molar-refractivity contribution in [1.82, 2.24) is 10.0 Å². The van der Waals surface area contributed by atoms with Gasteiger partial charge in [0, 0.05) is 23.5 Å². The second kappa shape index (κ2) is 7.72. The third-order valence-corrected chi connectivity index (χ3v) is 5.81. The maximum atomic E-state index is 12.3. The highest BCUT2D eigenvalue weighted by Crippen LogP contribution is 2.16. The van der Waals surface area contributed by atoms with E-state index in [4.69, 9.17) is 0 Å². The van der Waals surface area contributed by atoms with Crippen molar-refractivity contribution in [2.45, 2.75) is 25.2 Å². The average molecular weight is 352 g/mol. The number of hydrogen-bond acceptors (Lipinski definition) is 4. The molecule has 1 heterocycles. The monoisotopic (exact) mass is 352 g/mol. The summed E-state index contributed by atoms with van der Waals surface area (Å²) in [4.78, 5) is 13.6. The van der Waals surface area contributed by atoms with Crippen molar-refractivity contribution >= 4 is 27.3 Å². The number of hydrogen-bond donors (Lipinski definition) is 2. The first-order chi connectivity index (χ1) is 10.9. The molecule has 0 fully saturated rings. The number of nitrogens with one attached hydrogen (secondary N) is 2. The summed E-state index contributed by atoms with van der Waals surface area (Å²) in [5.74, 6) is -0.257. The zero-order valence-electron chi connectivity index (χ0n) is 13.1. The van der Waals surface area contributed by atoms with Gasteiger partial charge in [0.25, 0.3) is 5.91 Å². The van der Waals surface area contributed by atoms with Crippen LogP contribution >= 0.6 is 11.3 Å². The Bertz CT molecular complexity index is 769. The van der Waals surface area contributed by atoms with Crippen LogP contribution in [0.15, 0.2) is 40.6 Å². The fourth-order valence-electron chi connectivity index (χ4n) is 2.14. The Hall–Kier alpha value is -1.70. The number of thiophene rings is 1. The fraction of sp³-hybridized carbons (Fsp3) is 0.312. The van der Waals surface area contributed by atoms with Crippen molar-refractivity contribution in [2.24, 2.45) is 0 Å². The zero-order valence-corrected chi connectivity index (χ0v) is 14.8. The molecule has 2 rings (SSSR count). The van der Waals surface area contributed by atoms with Crippen molar-refractivity contribution < 1.29 is 13.2 Å². The molecule has 0 spiro atoms. The molecule has 0 saturated carbocycles. The Morgan fingerprint density at radius 2 is 2.04 bits per heavy atom. The molecule has 2 aromatic rings. The van der Waals surface area contributed by atoms with Crippen LogP contribution < -0.4 is 10.0 Å². The van der Waals surface area contributed by atoms with E-state index in [-0.39, 0.29) is 10.8 Å². The molecule has 0 bridgehead atoms. The van der Waals surface area contributed by atoms with Crippen LogP contribution in [0.2, 0.25) is 0 Å². The van der Waals surface area contributed by atoms with Gasteiger partial charge in [0.2, 0.25) is 10.0 Å². The van der Waals surface area contributed by atoms with Crippen LogP contribution in [0.5, 0.6) is 0 Å². The minimum Gasteiger partial charge on any atom is -0.352 e. The Morgan fingerprint density at radius 3 is 2.70 bits per heavy atom. The molecular formula is C16H20N2O3S2. The summed E-state index contributed by atoms with van der Waals surface area (Å²) in [6, 6.07) is 8.58. The number of carbonyl (C=O) groups excluding carboxylic acids is 1. The molecule has 23 heavy (non-hydrogen) atoms. The van der Waals surface area contributed by atoms with Crippen LogP contribution in [0.1, 0.15) is 27.7 Å². The molecule has 0 aliphatic heterocycles. The Labute approximate surface area is 140 Å². The molecule has 5 nitrogen and oxygen atoms in total. The molecule has 0 atom stereocenters. The van der Waals surface area contributed by atoms with Gasteiger partial charge in [-0.1, -0.05) is 19.1 Å². The Morgan fingerprint density at radius 1 is 1.26 bits per heavy atom. The van der Waals surface area contributed by atoms with E-state index in [0.29, 0.717) is 18.7 Å². The van der Waals surface area contributed by atoms with E-state index in [0.717, 1.165) is 12.0 Å². The summed E-state index contributed by atoms with van der Waals surface area (Å²) in [7, 11) is -3.57. The third-order valence-electron chi connectivity index (χ3n) is 3.34. The quantitative estimate of drug-likeness (QED) is 0.803. The molecule has 1 amide bonds. The van der Waals surface area contributed by atoms with Gasteiger partial charge in [0.15, 0.2) is 0 Å². The highest BCUT2D eigenvalue weighted by molar-refractivity contribution is 7.89. The van der Waals surface area contributed by atoms with Crippen LogP contribution in [-0.2, 0) is 16.4 Å². The van der Waals surface area contributed by atoms with Gasteiger partial charge in [0.1, 0.15) is 0 Å². The average Bonchev–Trinajstić information content (AvgIpc) is 3.00. The summed E-state index contributed by atoms with van der Waals surface area (Å²) < 4.78 is 26.5. The lowest BCUT2D eigenvalue weighted by atomic mass is 10.1. The Balaban J connectivity index is 2.10. The first kappa shape index (κ1) is 17.7. The van der Waals surface area contributed by atoms with Crippen LogP contribution in [-0.4, -0.2) is 27.4 Å². The lowest BCUT2D eigenvalue weighted by molar-refractivity contribution is 0.0953. The fourth-order valence-corrected chi connectivity index (χ4v) is 3.91. The smallest absolute Gasteiger partial charge is 0.251 e. The van der Waals surface area contributed by atoms with Crippen molar-refractivity contribution in [3.05, 3.63) is 51.7 Å². The first-order valence-electron chi connectivity index (χ1n) is 7.35. The van der Waals surface area contributed by atoms with E-state index in [9.17, 15) is 13.2 Å². The maximum absolute atomic E-state index is 12.3. The topological polar surface area (TPSA) is 75.3 Å². The van der Waals surface area contributed by atoms with Gasteiger partial charge in [-0.2, -0.15) is 0 Å². The number of benzene rings is 1. The molecule has 124 valence electrons. The highest BCUT2D eigenvalue weighted by atomic mass is 32.2. The van der Waals surface area contributed by atoms with E-state index < -0.39 is 10.0 Å². The summed E-state index contributed by atoms with van der Waals surface area (Å²) in [5, 5.41) is 4.84. The maximum Gasteiger partial charge on any atom is 0.251 e. The summed E-state index contributed by atoms with van der Waals surface area (Å²) >= 11 is 1.65. The van der Waals surface area contributed by atoms with E-state index in [2.05, 4.69) is 10.0 Å². The molecule has 0 radical (unpaired) electrons. The van der Waals surface area contributed by atoms with Crippen LogP contribution in [0, 0.1) is 6.92 Å². The zero-order chi connectivity index (χ0) is 16.9. The van der Waals surface area contributed by atoms with Crippen molar-refractivity contribution in [3.8, 4) is 0 Å². The first-order valence-corrected chi connectivity index (χ1v) is 9.71. The summed E-state index contributed by atoms with van der Waals surface area (Å²) in [6.45, 7) is 4.32. The number of rotatable bonds is 7. The number of carbonyl (C=O) groups is 1. The minimum atomic E-state index is -3.57.